The molecule has 0 N–H and O–H groups in total. The second-order valence-corrected chi connectivity index (χ2v) is 9.92. The lowest BCUT2D eigenvalue weighted by atomic mass is 9.78. The summed E-state index contributed by atoms with van der Waals surface area (Å²) in [7, 11) is 2.26. The molecule has 0 aromatic carbocycles. The fourth-order valence-electron chi connectivity index (χ4n) is 4.39. The van der Waals surface area contributed by atoms with Crippen LogP contribution in [-0.4, -0.2) is 54.9 Å². The maximum Gasteiger partial charge on any atom is 0.344 e. The molecule has 9 heteroatoms. The SMILES string of the molecule is COC(=O)C1=C(C(=O)OC)C(C)(C2C(=O)C=C(C)OC2=O)OC1=NC(C)(C)CC(C)(C)C. The van der Waals surface area contributed by atoms with E-state index in [0.29, 0.717) is 6.42 Å². The van der Waals surface area contributed by atoms with E-state index in [-0.39, 0.29) is 28.2 Å². The maximum absolute atomic E-state index is 12.8. The zero-order chi connectivity index (χ0) is 24.6. The average molecular weight is 450 g/mol. The minimum atomic E-state index is -1.89. The molecule has 2 atom stereocenters. The monoisotopic (exact) mass is 449 g/mol. The van der Waals surface area contributed by atoms with Crippen molar-refractivity contribution in [3.05, 3.63) is 23.0 Å². The summed E-state index contributed by atoms with van der Waals surface area (Å²) >= 11 is 0. The van der Waals surface area contributed by atoms with Crippen LogP contribution in [0.1, 0.15) is 54.9 Å². The molecule has 0 amide bonds. The van der Waals surface area contributed by atoms with E-state index in [1.807, 2.05) is 34.6 Å². The van der Waals surface area contributed by atoms with Crippen LogP contribution in [-0.2, 0) is 38.1 Å². The molecule has 0 aromatic heterocycles. The number of ether oxygens (including phenoxy) is 4. The third kappa shape index (κ3) is 4.92. The summed E-state index contributed by atoms with van der Waals surface area (Å²) in [4.78, 5) is 55.7. The second-order valence-electron chi connectivity index (χ2n) is 9.92. The van der Waals surface area contributed by atoms with Crippen molar-refractivity contribution in [2.24, 2.45) is 16.3 Å². The van der Waals surface area contributed by atoms with Gasteiger partial charge in [-0.25, -0.2) is 14.6 Å². The van der Waals surface area contributed by atoms with Crippen LogP contribution >= 0.6 is 0 Å². The first-order chi connectivity index (χ1) is 14.6. The zero-order valence-corrected chi connectivity index (χ0v) is 20.1. The normalized spacial score (nSPS) is 25.3. The van der Waals surface area contributed by atoms with Gasteiger partial charge in [0.15, 0.2) is 17.3 Å². The summed E-state index contributed by atoms with van der Waals surface area (Å²) in [5, 5.41) is 0. The first kappa shape index (κ1) is 25.3. The van der Waals surface area contributed by atoms with E-state index in [0.717, 1.165) is 20.3 Å². The fourth-order valence-corrected chi connectivity index (χ4v) is 4.39. The van der Waals surface area contributed by atoms with Crippen LogP contribution in [0, 0.1) is 11.3 Å². The molecule has 0 saturated heterocycles. The van der Waals surface area contributed by atoms with Gasteiger partial charge in [-0.3, -0.25) is 9.59 Å². The van der Waals surface area contributed by atoms with E-state index in [1.54, 1.807) is 0 Å². The van der Waals surface area contributed by atoms with Gasteiger partial charge in [-0.1, -0.05) is 20.8 Å². The Hall–Kier alpha value is -2.97. The molecular weight excluding hydrogens is 418 g/mol. The summed E-state index contributed by atoms with van der Waals surface area (Å²) in [5.41, 5.74) is -3.32. The molecule has 0 spiro atoms. The molecule has 176 valence electrons. The topological polar surface area (TPSA) is 118 Å². The molecule has 0 aromatic rings. The number of nitrogens with zero attached hydrogens (tertiary/aromatic N) is 1. The van der Waals surface area contributed by atoms with E-state index in [2.05, 4.69) is 4.99 Å². The molecule has 32 heavy (non-hydrogen) atoms. The lowest BCUT2D eigenvalue weighted by Crippen LogP contribution is -2.50. The standard InChI is InChI=1S/C23H31NO8/c1-12-10-13(25)15(20(28)31-12)23(7)16(19(27)30-9)14(18(26)29-8)17(32-23)24-22(5,6)11-21(2,3)4/h10,15H,11H2,1-9H3. The van der Waals surface area contributed by atoms with Gasteiger partial charge in [0, 0.05) is 6.08 Å². The number of hydrogen-bond acceptors (Lipinski definition) is 9. The molecule has 0 bridgehead atoms. The lowest BCUT2D eigenvalue weighted by molar-refractivity contribution is -0.157. The molecule has 2 heterocycles. The van der Waals surface area contributed by atoms with Gasteiger partial charge >= 0.3 is 17.9 Å². The number of rotatable bonds is 5. The van der Waals surface area contributed by atoms with Crippen molar-refractivity contribution in [2.75, 3.05) is 14.2 Å². The summed E-state index contributed by atoms with van der Waals surface area (Å²) < 4.78 is 20.9. The van der Waals surface area contributed by atoms with E-state index in [4.69, 9.17) is 18.9 Å². The van der Waals surface area contributed by atoms with E-state index < -0.39 is 40.7 Å². The van der Waals surface area contributed by atoms with Gasteiger partial charge in [0.1, 0.15) is 16.9 Å². The van der Waals surface area contributed by atoms with Crippen molar-refractivity contribution in [1.29, 1.82) is 0 Å². The van der Waals surface area contributed by atoms with Gasteiger partial charge < -0.3 is 18.9 Å². The third-order valence-corrected chi connectivity index (χ3v) is 5.09. The second kappa shape index (κ2) is 8.52. The number of carbonyl (C=O) groups is 4. The van der Waals surface area contributed by atoms with Crippen molar-refractivity contribution in [1.82, 2.24) is 0 Å². The van der Waals surface area contributed by atoms with Gasteiger partial charge in [0.2, 0.25) is 5.90 Å². The number of aliphatic imine (C=N–C) groups is 1. The molecular formula is C23H31NO8. The summed E-state index contributed by atoms with van der Waals surface area (Å²) in [6.07, 6.45) is 1.75. The van der Waals surface area contributed by atoms with E-state index in [9.17, 15) is 19.2 Å². The molecule has 0 fully saturated rings. The Balaban J connectivity index is 2.78. The molecule has 2 aliphatic heterocycles. The molecule has 2 rings (SSSR count). The summed E-state index contributed by atoms with van der Waals surface area (Å²) in [5.74, 6) is -4.99. The number of cyclic esters (lactones) is 1. The lowest BCUT2D eigenvalue weighted by Gasteiger charge is -2.34. The fraction of sp³-hybridized carbons (Fsp3) is 0.609. The van der Waals surface area contributed by atoms with Crippen LogP contribution in [0.25, 0.3) is 0 Å². The highest BCUT2D eigenvalue weighted by Crippen LogP contribution is 2.44. The van der Waals surface area contributed by atoms with Crippen LogP contribution in [0.15, 0.2) is 28.0 Å². The Bertz CT molecular complexity index is 948. The molecule has 9 nitrogen and oxygen atoms in total. The maximum atomic E-state index is 12.8. The van der Waals surface area contributed by atoms with Crippen LogP contribution < -0.4 is 0 Å². The van der Waals surface area contributed by atoms with Crippen molar-refractivity contribution < 1.29 is 38.1 Å². The minimum Gasteiger partial charge on any atom is -0.466 e. The van der Waals surface area contributed by atoms with Crippen LogP contribution in [0.4, 0.5) is 0 Å². The third-order valence-electron chi connectivity index (χ3n) is 5.09. The Kier molecular flexibility index (Phi) is 6.73. The Morgan fingerprint density at radius 3 is 2.12 bits per heavy atom. The largest absolute Gasteiger partial charge is 0.466 e. The number of methoxy groups -OCH3 is 2. The van der Waals surface area contributed by atoms with Crippen LogP contribution in [0.3, 0.4) is 0 Å². The van der Waals surface area contributed by atoms with Crippen LogP contribution in [0.5, 0.6) is 0 Å². The molecule has 2 unspecified atom stereocenters. The van der Waals surface area contributed by atoms with Gasteiger partial charge in [0.05, 0.1) is 19.8 Å². The van der Waals surface area contributed by atoms with Crippen molar-refractivity contribution >= 4 is 29.6 Å². The summed E-state index contributed by atoms with van der Waals surface area (Å²) in [6, 6.07) is 0. The predicted octanol–water partition coefficient (Wildman–Crippen LogP) is 2.68. The Labute approximate surface area is 187 Å². The van der Waals surface area contributed by atoms with Crippen molar-refractivity contribution in [3.63, 3.8) is 0 Å². The first-order valence-corrected chi connectivity index (χ1v) is 10.2. The minimum absolute atomic E-state index is 0.110. The smallest absolute Gasteiger partial charge is 0.344 e. The highest BCUT2D eigenvalue weighted by molar-refractivity contribution is 6.25. The Morgan fingerprint density at radius 1 is 1.09 bits per heavy atom. The highest BCUT2D eigenvalue weighted by atomic mass is 16.6. The van der Waals surface area contributed by atoms with Crippen molar-refractivity contribution in [2.45, 2.75) is 66.0 Å². The Morgan fingerprint density at radius 2 is 1.66 bits per heavy atom. The number of carbonyl (C=O) groups excluding carboxylic acids is 4. The van der Waals surface area contributed by atoms with Gasteiger partial charge in [-0.2, -0.15) is 0 Å². The quantitative estimate of drug-likeness (QED) is 0.357. The van der Waals surface area contributed by atoms with Gasteiger partial charge in [-0.15, -0.1) is 0 Å². The van der Waals surface area contributed by atoms with Gasteiger partial charge in [-0.05, 0) is 39.5 Å². The number of allylic oxidation sites excluding steroid dienone is 2. The van der Waals surface area contributed by atoms with Crippen molar-refractivity contribution in [3.8, 4) is 0 Å². The van der Waals surface area contributed by atoms with E-state index in [1.165, 1.54) is 13.8 Å². The summed E-state index contributed by atoms with van der Waals surface area (Å²) in [6.45, 7) is 12.6. The number of ketones is 1. The average Bonchev–Trinajstić information content (AvgIpc) is 2.88. The molecule has 0 radical (unpaired) electrons. The predicted molar refractivity (Wildman–Crippen MR) is 114 cm³/mol. The van der Waals surface area contributed by atoms with Gasteiger partial charge in [0.25, 0.3) is 0 Å². The number of esters is 3. The van der Waals surface area contributed by atoms with E-state index >= 15 is 0 Å². The zero-order valence-electron chi connectivity index (χ0n) is 20.1. The first-order valence-electron chi connectivity index (χ1n) is 10.2. The molecule has 0 aliphatic carbocycles. The van der Waals surface area contributed by atoms with Crippen LogP contribution in [0.2, 0.25) is 0 Å². The highest BCUT2D eigenvalue weighted by Gasteiger charge is 2.60. The number of hydrogen-bond donors (Lipinski definition) is 0. The molecule has 2 aliphatic rings. The molecule has 0 saturated carbocycles.